The number of amides is 1. The first kappa shape index (κ1) is 20.6. The number of aromatic nitrogens is 1. The summed E-state index contributed by atoms with van der Waals surface area (Å²) < 4.78 is 0. The van der Waals surface area contributed by atoms with E-state index in [1.54, 1.807) is 36.7 Å². The normalized spacial score (nSPS) is 16.0. The van der Waals surface area contributed by atoms with Crippen LogP contribution in [-0.4, -0.2) is 23.4 Å². The fourth-order valence-corrected chi connectivity index (χ4v) is 3.74. The van der Waals surface area contributed by atoms with Gasteiger partial charge in [-0.3, -0.25) is 9.78 Å². The number of halogens is 1. The Bertz CT molecular complexity index is 979. The summed E-state index contributed by atoms with van der Waals surface area (Å²) in [6.45, 7) is 4.41. The lowest BCUT2D eigenvalue weighted by Gasteiger charge is -2.42. The average Bonchev–Trinajstić information content (AvgIpc) is 2.69. The molecular weight excluding hydrogens is 386 g/mol. The first-order valence-electron chi connectivity index (χ1n) is 9.36. The second-order valence-electron chi connectivity index (χ2n) is 7.07. The Balaban J connectivity index is 1.73. The average molecular weight is 410 g/mol. The van der Waals surface area contributed by atoms with E-state index in [-0.39, 0.29) is 11.4 Å². The Kier molecular flexibility index (Phi) is 6.34. The zero-order chi connectivity index (χ0) is 20.9. The van der Waals surface area contributed by atoms with Crippen molar-refractivity contribution in [3.8, 4) is 0 Å². The molecule has 5 N–H and O–H groups in total. The number of aliphatic imine (C=N–C) groups is 1. The summed E-state index contributed by atoms with van der Waals surface area (Å²) in [7, 11) is 0. The number of benzene rings is 1. The van der Waals surface area contributed by atoms with E-state index in [0.29, 0.717) is 17.1 Å². The summed E-state index contributed by atoms with van der Waals surface area (Å²) in [5, 5.41) is 3.86. The van der Waals surface area contributed by atoms with Gasteiger partial charge in [-0.2, -0.15) is 0 Å². The summed E-state index contributed by atoms with van der Waals surface area (Å²) in [5.74, 6) is -0.201. The molecule has 1 aliphatic rings. The maximum atomic E-state index is 11.4. The Morgan fingerprint density at radius 1 is 1.28 bits per heavy atom. The van der Waals surface area contributed by atoms with Gasteiger partial charge in [0.2, 0.25) is 5.91 Å². The maximum absolute atomic E-state index is 11.4. The van der Waals surface area contributed by atoms with Crippen molar-refractivity contribution in [2.75, 3.05) is 6.54 Å². The van der Waals surface area contributed by atoms with Crippen molar-refractivity contribution >= 4 is 29.0 Å². The number of hydrogen-bond donors (Lipinski definition) is 3. The number of rotatable bonds is 7. The van der Waals surface area contributed by atoms with Crippen molar-refractivity contribution in [2.24, 2.45) is 16.5 Å². The minimum absolute atomic E-state index is 0.126. The lowest BCUT2D eigenvalue weighted by atomic mass is 9.66. The van der Waals surface area contributed by atoms with Crippen LogP contribution in [-0.2, 0) is 5.41 Å². The smallest absolute Gasteiger partial charge is 0.248 e. The standard InChI is InChI=1S/C22H24ClN5O/c1-2-15(16-6-3-7-17(12-16)20(24)29)13-27-21(25)28-14-22(9-5-10-22)19-18(23)8-4-11-26-19/h2-4,6-8,11-13H,1,5,9-10,14H2,(H2,24,29)(H3,25,27,28)/b15-13+. The molecule has 0 spiro atoms. The van der Waals surface area contributed by atoms with E-state index >= 15 is 0 Å². The third kappa shape index (κ3) is 4.66. The number of primary amides is 1. The van der Waals surface area contributed by atoms with E-state index in [2.05, 4.69) is 21.9 Å². The highest BCUT2D eigenvalue weighted by molar-refractivity contribution is 6.31. The number of guanidine groups is 1. The zero-order valence-electron chi connectivity index (χ0n) is 16.1. The number of nitrogens with zero attached hydrogens (tertiary/aromatic N) is 2. The highest BCUT2D eigenvalue weighted by Crippen LogP contribution is 2.44. The second kappa shape index (κ2) is 8.92. The van der Waals surface area contributed by atoms with E-state index in [1.165, 1.54) is 0 Å². The maximum Gasteiger partial charge on any atom is 0.248 e. The van der Waals surface area contributed by atoms with Crippen LogP contribution in [0.25, 0.3) is 5.57 Å². The molecule has 1 saturated carbocycles. The number of carbonyl (C=O) groups is 1. The Morgan fingerprint density at radius 3 is 2.66 bits per heavy atom. The van der Waals surface area contributed by atoms with Crippen molar-refractivity contribution < 1.29 is 4.79 Å². The molecule has 29 heavy (non-hydrogen) atoms. The minimum Gasteiger partial charge on any atom is -0.370 e. The molecule has 1 aliphatic carbocycles. The molecule has 1 aromatic heterocycles. The number of nitrogens with two attached hydrogens (primary N) is 2. The number of nitrogens with one attached hydrogen (secondary N) is 1. The van der Waals surface area contributed by atoms with Gasteiger partial charge in [0.1, 0.15) is 0 Å². The number of hydrogen-bond acceptors (Lipinski definition) is 3. The minimum atomic E-state index is -0.487. The molecule has 0 radical (unpaired) electrons. The predicted octanol–water partition coefficient (Wildman–Crippen LogP) is 3.39. The first-order valence-corrected chi connectivity index (χ1v) is 9.74. The van der Waals surface area contributed by atoms with Crippen molar-refractivity contribution in [1.82, 2.24) is 10.3 Å². The van der Waals surface area contributed by atoms with E-state index in [0.717, 1.165) is 36.1 Å². The van der Waals surface area contributed by atoms with Crippen LogP contribution >= 0.6 is 11.6 Å². The molecule has 1 heterocycles. The molecule has 0 atom stereocenters. The summed E-state index contributed by atoms with van der Waals surface area (Å²) in [4.78, 5) is 20.2. The van der Waals surface area contributed by atoms with Crippen molar-refractivity contribution in [1.29, 1.82) is 0 Å². The fraction of sp³-hybridized carbons (Fsp3) is 0.227. The molecule has 1 amide bonds. The number of allylic oxidation sites excluding steroid dienone is 2. The largest absolute Gasteiger partial charge is 0.370 e. The lowest BCUT2D eigenvalue weighted by molar-refractivity contribution is 0.100. The second-order valence-corrected chi connectivity index (χ2v) is 7.48. The summed E-state index contributed by atoms with van der Waals surface area (Å²) in [6, 6.07) is 10.7. The molecular formula is C22H24ClN5O. The van der Waals surface area contributed by atoms with Gasteiger partial charge in [-0.25, -0.2) is 4.99 Å². The summed E-state index contributed by atoms with van der Waals surface area (Å²) in [6.07, 6.45) is 8.14. The third-order valence-electron chi connectivity index (χ3n) is 5.22. The fourth-order valence-electron chi connectivity index (χ4n) is 3.42. The van der Waals surface area contributed by atoms with Crippen LogP contribution in [0.5, 0.6) is 0 Å². The van der Waals surface area contributed by atoms with Crippen LogP contribution in [0.2, 0.25) is 5.02 Å². The van der Waals surface area contributed by atoms with Crippen LogP contribution in [0.3, 0.4) is 0 Å². The Labute approximate surface area is 175 Å². The van der Waals surface area contributed by atoms with E-state index in [9.17, 15) is 4.79 Å². The van der Waals surface area contributed by atoms with Gasteiger partial charge in [0.15, 0.2) is 5.96 Å². The molecule has 0 bridgehead atoms. The summed E-state index contributed by atoms with van der Waals surface area (Å²) in [5.41, 5.74) is 14.1. The van der Waals surface area contributed by atoms with Crippen molar-refractivity contribution in [3.05, 3.63) is 83.3 Å². The third-order valence-corrected chi connectivity index (χ3v) is 5.53. The Hall–Kier alpha value is -3.12. The number of pyridine rings is 1. The topological polar surface area (TPSA) is 106 Å². The van der Waals surface area contributed by atoms with Gasteiger partial charge >= 0.3 is 0 Å². The van der Waals surface area contributed by atoms with Gasteiger partial charge in [-0.1, -0.05) is 42.8 Å². The molecule has 0 aliphatic heterocycles. The SMILES string of the molecule is C=C/C(=C\N=C(/N)NCC1(c2ncccc2Cl)CCC1)c1cccc(C(N)=O)c1. The van der Waals surface area contributed by atoms with Gasteiger partial charge < -0.3 is 16.8 Å². The highest BCUT2D eigenvalue weighted by atomic mass is 35.5. The van der Waals surface area contributed by atoms with E-state index < -0.39 is 5.91 Å². The molecule has 3 rings (SSSR count). The van der Waals surface area contributed by atoms with Crippen LogP contribution in [0.1, 0.15) is 40.9 Å². The van der Waals surface area contributed by atoms with Gasteiger partial charge in [0, 0.05) is 29.9 Å². The van der Waals surface area contributed by atoms with Crippen LogP contribution in [0.15, 0.2) is 66.4 Å². The van der Waals surface area contributed by atoms with E-state index in [4.69, 9.17) is 23.1 Å². The first-order chi connectivity index (χ1) is 13.9. The molecule has 150 valence electrons. The Morgan fingerprint density at radius 2 is 2.03 bits per heavy atom. The highest BCUT2D eigenvalue weighted by Gasteiger charge is 2.41. The van der Waals surface area contributed by atoms with Gasteiger partial charge in [-0.15, -0.1) is 0 Å². The molecule has 2 aromatic rings. The predicted molar refractivity (Wildman–Crippen MR) is 118 cm³/mol. The lowest BCUT2D eigenvalue weighted by Crippen LogP contribution is -2.48. The van der Waals surface area contributed by atoms with E-state index in [1.807, 2.05) is 18.2 Å². The molecule has 1 fully saturated rings. The van der Waals surface area contributed by atoms with Gasteiger partial charge in [0.05, 0.1) is 10.7 Å². The van der Waals surface area contributed by atoms with Crippen molar-refractivity contribution in [3.63, 3.8) is 0 Å². The molecule has 7 heteroatoms. The molecule has 0 unspecified atom stereocenters. The molecule has 1 aromatic carbocycles. The quantitative estimate of drug-likeness (QED) is 0.370. The monoisotopic (exact) mass is 409 g/mol. The molecule has 6 nitrogen and oxygen atoms in total. The van der Waals surface area contributed by atoms with Gasteiger partial charge in [-0.05, 0) is 48.2 Å². The van der Waals surface area contributed by atoms with Crippen LogP contribution in [0, 0.1) is 0 Å². The van der Waals surface area contributed by atoms with Gasteiger partial charge in [0.25, 0.3) is 0 Å². The zero-order valence-corrected chi connectivity index (χ0v) is 16.8. The summed E-state index contributed by atoms with van der Waals surface area (Å²) >= 11 is 6.36. The number of carbonyl (C=O) groups excluding carboxylic acids is 1. The van der Waals surface area contributed by atoms with Crippen LogP contribution < -0.4 is 16.8 Å². The molecule has 0 saturated heterocycles. The van der Waals surface area contributed by atoms with Crippen LogP contribution in [0.4, 0.5) is 0 Å². The van der Waals surface area contributed by atoms with Crippen molar-refractivity contribution in [2.45, 2.75) is 24.7 Å².